The molecule has 1 saturated heterocycles. The van der Waals surface area contributed by atoms with Gasteiger partial charge in [0.05, 0.1) is 31.7 Å². The Morgan fingerprint density at radius 2 is 1.75 bits per heavy atom. The number of benzene rings is 2. The fourth-order valence-electron chi connectivity index (χ4n) is 3.31. The van der Waals surface area contributed by atoms with Crippen molar-refractivity contribution in [3.63, 3.8) is 0 Å². The highest BCUT2D eigenvalue weighted by atomic mass is 32.1. The Labute approximate surface area is 169 Å². The summed E-state index contributed by atoms with van der Waals surface area (Å²) in [4.78, 5) is 8.38. The fraction of sp³-hybridized carbons (Fsp3) is 0.318. The molecule has 28 heavy (non-hydrogen) atoms. The zero-order chi connectivity index (χ0) is 19.2. The van der Waals surface area contributed by atoms with Crippen molar-refractivity contribution in [1.29, 1.82) is 0 Å². The van der Waals surface area contributed by atoms with E-state index in [1.165, 1.54) is 11.3 Å². The van der Waals surface area contributed by atoms with Gasteiger partial charge in [0.1, 0.15) is 5.75 Å². The molecule has 1 aliphatic rings. The number of methoxy groups -OCH3 is 1. The topological polar surface area (TPSA) is 39.0 Å². The molecule has 0 spiro atoms. The molecule has 0 bridgehead atoms. The first kappa shape index (κ1) is 18.9. The van der Waals surface area contributed by atoms with Crippen molar-refractivity contribution in [2.75, 3.05) is 40.0 Å². The van der Waals surface area contributed by atoms with Crippen LogP contribution in [0.5, 0.6) is 5.75 Å². The third-order valence-corrected chi connectivity index (χ3v) is 5.77. The van der Waals surface area contributed by atoms with Gasteiger partial charge in [-0.1, -0.05) is 30.3 Å². The van der Waals surface area contributed by atoms with Crippen molar-refractivity contribution in [3.05, 3.63) is 64.8 Å². The molecule has 1 aliphatic heterocycles. The maximum Gasteiger partial charge on any atom is 0.190 e. The largest absolute Gasteiger partial charge is 0.497 e. The standard InChI is InChI=1S/C22H25N3O2S/c1-26-20-9-7-19(8-10-20)23-22-25(12-11-24-13-15-27-16-14-24)21(17-28-22)18-5-3-2-4-6-18/h2-10,17H,11-16H2,1H3. The van der Waals surface area contributed by atoms with Crippen LogP contribution in [0.25, 0.3) is 11.3 Å². The maximum atomic E-state index is 5.48. The Balaban J connectivity index is 1.66. The average molecular weight is 396 g/mol. The molecule has 0 atom stereocenters. The Bertz CT molecular complexity index is 942. The molecule has 0 amide bonds. The summed E-state index contributed by atoms with van der Waals surface area (Å²) in [6.07, 6.45) is 0. The number of hydrogen-bond donors (Lipinski definition) is 0. The van der Waals surface area contributed by atoms with Gasteiger partial charge in [0.15, 0.2) is 4.80 Å². The van der Waals surface area contributed by atoms with Gasteiger partial charge < -0.3 is 14.0 Å². The normalized spacial score (nSPS) is 15.7. The van der Waals surface area contributed by atoms with Gasteiger partial charge in [0, 0.05) is 31.6 Å². The van der Waals surface area contributed by atoms with Crippen LogP contribution in [0, 0.1) is 0 Å². The zero-order valence-electron chi connectivity index (χ0n) is 16.1. The van der Waals surface area contributed by atoms with E-state index in [1.54, 1.807) is 18.4 Å². The second-order valence-corrected chi connectivity index (χ2v) is 7.52. The third kappa shape index (κ3) is 4.52. The van der Waals surface area contributed by atoms with E-state index in [0.29, 0.717) is 0 Å². The van der Waals surface area contributed by atoms with Crippen molar-refractivity contribution < 1.29 is 9.47 Å². The first-order valence-corrected chi connectivity index (χ1v) is 10.4. The minimum atomic E-state index is 0.822. The highest BCUT2D eigenvalue weighted by Crippen LogP contribution is 2.21. The van der Waals surface area contributed by atoms with Crippen molar-refractivity contribution in [2.24, 2.45) is 4.99 Å². The van der Waals surface area contributed by atoms with Crippen LogP contribution in [0.15, 0.2) is 65.0 Å². The van der Waals surface area contributed by atoms with Crippen LogP contribution in [0.4, 0.5) is 5.69 Å². The minimum absolute atomic E-state index is 0.822. The smallest absolute Gasteiger partial charge is 0.190 e. The quantitative estimate of drug-likeness (QED) is 0.637. The molecule has 3 aromatic rings. The number of hydrogen-bond acceptors (Lipinski definition) is 5. The molecule has 0 N–H and O–H groups in total. The molecular weight excluding hydrogens is 370 g/mol. The molecule has 2 heterocycles. The molecule has 0 aliphatic carbocycles. The van der Waals surface area contributed by atoms with Crippen molar-refractivity contribution in [3.8, 4) is 17.0 Å². The molecule has 5 nitrogen and oxygen atoms in total. The molecule has 0 radical (unpaired) electrons. The summed E-state index contributed by atoms with van der Waals surface area (Å²) in [6, 6.07) is 18.4. The Hall–Kier alpha value is -2.41. The van der Waals surface area contributed by atoms with E-state index in [1.807, 2.05) is 24.3 Å². The van der Waals surface area contributed by atoms with E-state index >= 15 is 0 Å². The lowest BCUT2D eigenvalue weighted by Crippen LogP contribution is -2.39. The van der Waals surface area contributed by atoms with Crippen LogP contribution in [-0.2, 0) is 11.3 Å². The molecule has 1 fully saturated rings. The minimum Gasteiger partial charge on any atom is -0.497 e. The number of nitrogens with zero attached hydrogens (tertiary/aromatic N) is 3. The van der Waals surface area contributed by atoms with E-state index < -0.39 is 0 Å². The van der Waals surface area contributed by atoms with Crippen LogP contribution < -0.4 is 9.54 Å². The summed E-state index contributed by atoms with van der Waals surface area (Å²) in [7, 11) is 1.68. The molecule has 2 aromatic carbocycles. The summed E-state index contributed by atoms with van der Waals surface area (Å²) in [5.74, 6) is 0.843. The molecule has 0 unspecified atom stereocenters. The maximum absolute atomic E-state index is 5.48. The lowest BCUT2D eigenvalue weighted by Gasteiger charge is -2.26. The van der Waals surface area contributed by atoms with Crippen LogP contribution in [-0.4, -0.2) is 49.4 Å². The van der Waals surface area contributed by atoms with Crippen molar-refractivity contribution >= 4 is 17.0 Å². The van der Waals surface area contributed by atoms with Crippen LogP contribution in [0.3, 0.4) is 0 Å². The lowest BCUT2D eigenvalue weighted by molar-refractivity contribution is 0.0363. The summed E-state index contributed by atoms with van der Waals surface area (Å²) in [5, 5.41) is 2.21. The van der Waals surface area contributed by atoms with Crippen molar-refractivity contribution in [1.82, 2.24) is 9.47 Å². The van der Waals surface area contributed by atoms with E-state index in [2.05, 4.69) is 45.2 Å². The Morgan fingerprint density at radius 1 is 1.00 bits per heavy atom. The van der Waals surface area contributed by atoms with Gasteiger partial charge in [-0.25, -0.2) is 4.99 Å². The average Bonchev–Trinajstić information content (AvgIpc) is 3.16. The number of thiazole rings is 1. The second-order valence-electron chi connectivity index (χ2n) is 6.69. The number of morpholine rings is 1. The predicted molar refractivity (Wildman–Crippen MR) is 113 cm³/mol. The van der Waals surface area contributed by atoms with Gasteiger partial charge >= 0.3 is 0 Å². The van der Waals surface area contributed by atoms with Gasteiger partial charge in [0.2, 0.25) is 0 Å². The number of ether oxygens (including phenoxy) is 2. The van der Waals surface area contributed by atoms with E-state index in [0.717, 1.165) is 55.6 Å². The lowest BCUT2D eigenvalue weighted by atomic mass is 10.2. The molecular formula is C22H25N3O2S. The van der Waals surface area contributed by atoms with E-state index in [9.17, 15) is 0 Å². The number of rotatable bonds is 6. The zero-order valence-corrected chi connectivity index (χ0v) is 16.9. The molecule has 146 valence electrons. The van der Waals surface area contributed by atoms with Crippen LogP contribution in [0.1, 0.15) is 0 Å². The second kappa shape index (κ2) is 9.19. The summed E-state index contributed by atoms with van der Waals surface area (Å²) >= 11 is 1.68. The Kier molecular flexibility index (Phi) is 6.21. The molecule has 4 rings (SSSR count). The van der Waals surface area contributed by atoms with E-state index in [-0.39, 0.29) is 0 Å². The summed E-state index contributed by atoms with van der Waals surface area (Å²) < 4.78 is 13.1. The van der Waals surface area contributed by atoms with E-state index in [4.69, 9.17) is 14.5 Å². The van der Waals surface area contributed by atoms with Crippen LogP contribution in [0.2, 0.25) is 0 Å². The summed E-state index contributed by atoms with van der Waals surface area (Å²) in [6.45, 7) is 5.54. The predicted octanol–water partition coefficient (Wildman–Crippen LogP) is 3.79. The van der Waals surface area contributed by atoms with Gasteiger partial charge in [-0.2, -0.15) is 0 Å². The van der Waals surface area contributed by atoms with Gasteiger partial charge in [0.25, 0.3) is 0 Å². The first-order chi connectivity index (χ1) is 13.8. The summed E-state index contributed by atoms with van der Waals surface area (Å²) in [5.41, 5.74) is 3.37. The Morgan fingerprint density at radius 3 is 2.46 bits per heavy atom. The SMILES string of the molecule is COc1ccc(N=c2scc(-c3ccccc3)n2CCN2CCOCC2)cc1. The molecule has 0 saturated carbocycles. The third-order valence-electron chi connectivity index (χ3n) is 4.91. The van der Waals surface area contributed by atoms with Crippen LogP contribution >= 0.6 is 11.3 Å². The molecule has 6 heteroatoms. The monoisotopic (exact) mass is 395 g/mol. The highest BCUT2D eigenvalue weighted by Gasteiger charge is 2.13. The van der Waals surface area contributed by atoms with Gasteiger partial charge in [-0.05, 0) is 29.8 Å². The van der Waals surface area contributed by atoms with Crippen molar-refractivity contribution in [2.45, 2.75) is 6.54 Å². The van der Waals surface area contributed by atoms with Gasteiger partial charge in [-0.15, -0.1) is 11.3 Å². The number of aromatic nitrogens is 1. The fourth-order valence-corrected chi connectivity index (χ4v) is 4.26. The van der Waals surface area contributed by atoms with Gasteiger partial charge in [-0.3, -0.25) is 4.90 Å². The highest BCUT2D eigenvalue weighted by molar-refractivity contribution is 7.07. The molecule has 1 aromatic heterocycles. The first-order valence-electron chi connectivity index (χ1n) is 9.56.